The van der Waals surface area contributed by atoms with Gasteiger partial charge in [-0.1, -0.05) is 13.0 Å². The highest BCUT2D eigenvalue weighted by atomic mass is 79.9. The minimum atomic E-state index is 0.741. The molecular weight excluding hydrogens is 340 g/mol. The van der Waals surface area contributed by atoms with Crippen molar-refractivity contribution in [3.8, 4) is 6.07 Å². The standard InChI is InChI=1S/C14H13BrN2S2/c1-2-18-13-5-3-4-12(11(13)8-16)17-9-10-6-7-14(15)19-10/h3-7,17H,2,9H2,1H3. The summed E-state index contributed by atoms with van der Waals surface area (Å²) in [6.07, 6.45) is 0. The molecule has 1 aromatic carbocycles. The molecule has 0 aliphatic heterocycles. The maximum absolute atomic E-state index is 9.32. The van der Waals surface area contributed by atoms with Crippen molar-refractivity contribution in [3.63, 3.8) is 0 Å². The molecule has 5 heteroatoms. The molecule has 0 radical (unpaired) electrons. The van der Waals surface area contributed by atoms with Gasteiger partial charge in [0.25, 0.3) is 0 Å². The molecule has 2 aromatic rings. The summed E-state index contributed by atoms with van der Waals surface area (Å²) in [5, 5.41) is 12.7. The van der Waals surface area contributed by atoms with Crippen molar-refractivity contribution in [1.82, 2.24) is 0 Å². The normalized spacial score (nSPS) is 10.2. The largest absolute Gasteiger partial charge is 0.379 e. The summed E-state index contributed by atoms with van der Waals surface area (Å²) in [5.41, 5.74) is 1.65. The summed E-state index contributed by atoms with van der Waals surface area (Å²) in [5.74, 6) is 0.968. The number of rotatable bonds is 5. The van der Waals surface area contributed by atoms with E-state index in [0.29, 0.717) is 0 Å². The van der Waals surface area contributed by atoms with Crippen LogP contribution in [0.2, 0.25) is 0 Å². The van der Waals surface area contributed by atoms with Gasteiger partial charge in [-0.15, -0.1) is 23.1 Å². The van der Waals surface area contributed by atoms with E-state index in [1.165, 1.54) is 4.88 Å². The van der Waals surface area contributed by atoms with Gasteiger partial charge in [0.05, 0.1) is 15.0 Å². The third-order valence-electron chi connectivity index (χ3n) is 2.52. The van der Waals surface area contributed by atoms with E-state index in [1.807, 2.05) is 24.3 Å². The fourth-order valence-electron chi connectivity index (χ4n) is 1.70. The Labute approximate surface area is 130 Å². The van der Waals surface area contributed by atoms with Gasteiger partial charge < -0.3 is 5.32 Å². The first-order valence-corrected chi connectivity index (χ1v) is 8.48. The highest BCUT2D eigenvalue weighted by Gasteiger charge is 2.08. The van der Waals surface area contributed by atoms with Crippen LogP contribution in [0.3, 0.4) is 0 Å². The molecule has 1 heterocycles. The van der Waals surface area contributed by atoms with Gasteiger partial charge in [-0.2, -0.15) is 5.26 Å². The molecule has 1 aromatic heterocycles. The van der Waals surface area contributed by atoms with Crippen molar-refractivity contribution in [2.45, 2.75) is 18.4 Å². The number of hydrogen-bond acceptors (Lipinski definition) is 4. The van der Waals surface area contributed by atoms with E-state index in [4.69, 9.17) is 0 Å². The Bertz CT molecular complexity index is 602. The van der Waals surface area contributed by atoms with E-state index in [2.05, 4.69) is 40.3 Å². The maximum Gasteiger partial charge on any atom is 0.102 e. The minimum absolute atomic E-state index is 0.741. The Morgan fingerprint density at radius 1 is 1.37 bits per heavy atom. The molecule has 0 spiro atoms. The molecule has 0 amide bonds. The highest BCUT2D eigenvalue weighted by Crippen LogP contribution is 2.29. The van der Waals surface area contributed by atoms with Crippen LogP contribution in [0.1, 0.15) is 17.4 Å². The lowest BCUT2D eigenvalue weighted by atomic mass is 10.2. The summed E-state index contributed by atoms with van der Waals surface area (Å²) in [4.78, 5) is 2.28. The average Bonchev–Trinajstić information content (AvgIpc) is 2.83. The summed E-state index contributed by atoms with van der Waals surface area (Å²) in [6, 6.07) is 12.4. The molecule has 1 N–H and O–H groups in total. The predicted molar refractivity (Wildman–Crippen MR) is 86.9 cm³/mol. The van der Waals surface area contributed by atoms with Crippen LogP contribution in [0.4, 0.5) is 5.69 Å². The third-order valence-corrected chi connectivity index (χ3v) is 5.08. The molecule has 0 unspecified atom stereocenters. The molecule has 0 fully saturated rings. The number of benzene rings is 1. The van der Waals surface area contributed by atoms with Crippen LogP contribution in [0.25, 0.3) is 0 Å². The quantitative estimate of drug-likeness (QED) is 0.759. The summed E-state index contributed by atoms with van der Waals surface area (Å²) in [6.45, 7) is 2.83. The zero-order valence-electron chi connectivity index (χ0n) is 10.4. The molecule has 2 nitrogen and oxygen atoms in total. The molecule has 2 rings (SSSR count). The van der Waals surface area contributed by atoms with E-state index in [1.54, 1.807) is 23.1 Å². The molecule has 0 aliphatic carbocycles. The molecule has 0 saturated carbocycles. The third kappa shape index (κ3) is 3.75. The minimum Gasteiger partial charge on any atom is -0.379 e. The topological polar surface area (TPSA) is 35.8 Å². The molecule has 19 heavy (non-hydrogen) atoms. The molecule has 98 valence electrons. The summed E-state index contributed by atoms with van der Waals surface area (Å²) in [7, 11) is 0. The van der Waals surface area contributed by atoms with Crippen LogP contribution in [-0.2, 0) is 6.54 Å². The van der Waals surface area contributed by atoms with Crippen LogP contribution >= 0.6 is 39.0 Å². The van der Waals surface area contributed by atoms with E-state index in [9.17, 15) is 5.26 Å². The van der Waals surface area contributed by atoms with Gasteiger partial charge in [-0.3, -0.25) is 0 Å². The number of thioether (sulfide) groups is 1. The van der Waals surface area contributed by atoms with Gasteiger partial charge in [0.1, 0.15) is 6.07 Å². The Balaban J connectivity index is 2.16. The zero-order chi connectivity index (χ0) is 13.7. The van der Waals surface area contributed by atoms with Crippen molar-refractivity contribution < 1.29 is 0 Å². The number of nitriles is 1. The number of halogens is 1. The molecule has 0 saturated heterocycles. The van der Waals surface area contributed by atoms with E-state index in [0.717, 1.165) is 32.2 Å². The Morgan fingerprint density at radius 3 is 2.84 bits per heavy atom. The fraction of sp³-hybridized carbons (Fsp3) is 0.214. The Hall–Kier alpha value is -0.960. The SMILES string of the molecule is CCSc1cccc(NCc2ccc(Br)s2)c1C#N. The summed E-state index contributed by atoms with van der Waals surface area (Å²) < 4.78 is 1.13. The first-order chi connectivity index (χ1) is 9.24. The van der Waals surface area contributed by atoms with E-state index in [-0.39, 0.29) is 0 Å². The molecule has 0 bridgehead atoms. The van der Waals surface area contributed by atoms with Gasteiger partial charge in [-0.25, -0.2) is 0 Å². The zero-order valence-corrected chi connectivity index (χ0v) is 13.7. The van der Waals surface area contributed by atoms with Crippen molar-refractivity contribution in [1.29, 1.82) is 5.26 Å². The van der Waals surface area contributed by atoms with Crippen LogP contribution in [0, 0.1) is 11.3 Å². The number of anilines is 1. The Morgan fingerprint density at radius 2 is 2.21 bits per heavy atom. The van der Waals surface area contributed by atoms with E-state index < -0.39 is 0 Å². The molecular formula is C14H13BrN2S2. The second-order valence-corrected chi connectivity index (χ2v) is 7.64. The Kier molecular flexibility index (Phi) is 5.32. The van der Waals surface area contributed by atoms with Gasteiger partial charge >= 0.3 is 0 Å². The van der Waals surface area contributed by atoms with Crippen molar-refractivity contribution in [2.75, 3.05) is 11.1 Å². The van der Waals surface area contributed by atoms with Gasteiger partial charge in [-0.05, 0) is 45.9 Å². The number of nitrogens with zero attached hydrogens (tertiary/aromatic N) is 1. The lowest BCUT2D eigenvalue weighted by Gasteiger charge is -2.10. The van der Waals surface area contributed by atoms with E-state index >= 15 is 0 Å². The van der Waals surface area contributed by atoms with Gasteiger partial charge in [0, 0.05) is 16.3 Å². The monoisotopic (exact) mass is 352 g/mol. The van der Waals surface area contributed by atoms with Crippen LogP contribution in [0.5, 0.6) is 0 Å². The summed E-state index contributed by atoms with van der Waals surface area (Å²) >= 11 is 6.85. The first kappa shape index (κ1) is 14.4. The predicted octanol–water partition coefficient (Wildman–Crippen LogP) is 5.11. The van der Waals surface area contributed by atoms with Crippen molar-refractivity contribution in [3.05, 3.63) is 44.6 Å². The van der Waals surface area contributed by atoms with Crippen LogP contribution < -0.4 is 5.32 Å². The van der Waals surface area contributed by atoms with Crippen molar-refractivity contribution in [2.24, 2.45) is 0 Å². The second kappa shape index (κ2) is 6.99. The van der Waals surface area contributed by atoms with Gasteiger partial charge in [0.15, 0.2) is 0 Å². The molecule has 0 atom stereocenters. The lowest BCUT2D eigenvalue weighted by molar-refractivity contribution is 1.18. The van der Waals surface area contributed by atoms with Crippen LogP contribution in [-0.4, -0.2) is 5.75 Å². The van der Waals surface area contributed by atoms with Crippen molar-refractivity contribution >= 4 is 44.7 Å². The smallest absolute Gasteiger partial charge is 0.102 e. The highest BCUT2D eigenvalue weighted by molar-refractivity contribution is 9.11. The lowest BCUT2D eigenvalue weighted by Crippen LogP contribution is -2.00. The fourth-order valence-corrected chi connectivity index (χ4v) is 3.91. The maximum atomic E-state index is 9.32. The average molecular weight is 353 g/mol. The molecule has 0 aliphatic rings. The van der Waals surface area contributed by atoms with Gasteiger partial charge in [0.2, 0.25) is 0 Å². The number of hydrogen-bond donors (Lipinski definition) is 1. The number of nitrogens with one attached hydrogen (secondary N) is 1. The number of thiophene rings is 1. The second-order valence-electron chi connectivity index (χ2n) is 3.78. The van der Waals surface area contributed by atoms with Crippen LogP contribution in [0.15, 0.2) is 39.0 Å². The first-order valence-electron chi connectivity index (χ1n) is 5.88.